The fraction of sp³-hybridized carbons (Fsp3) is 0.222. The van der Waals surface area contributed by atoms with Gasteiger partial charge in [-0.05, 0) is 24.6 Å². The van der Waals surface area contributed by atoms with Gasteiger partial charge in [0.25, 0.3) is 0 Å². The van der Waals surface area contributed by atoms with Gasteiger partial charge in [0, 0.05) is 15.6 Å². The van der Waals surface area contributed by atoms with Crippen LogP contribution in [0.1, 0.15) is 5.56 Å². The van der Waals surface area contributed by atoms with E-state index in [0.29, 0.717) is 10.7 Å². The second-order valence-electron chi connectivity index (χ2n) is 2.85. The molecule has 3 nitrogen and oxygen atoms in total. The highest BCUT2D eigenvalue weighted by atomic mass is 35.5. The lowest BCUT2D eigenvalue weighted by atomic mass is 10.2. The topological polar surface area (TPSA) is 69.1 Å². The van der Waals surface area contributed by atoms with Crippen molar-refractivity contribution >= 4 is 35.0 Å². The lowest BCUT2D eigenvalue weighted by Crippen LogP contribution is -2.13. The number of benzene rings is 1. The Bertz CT molecular complexity index is 368. The SMILES string of the molecule is Cc1c(Cl)ccc(N)c1SCC(N)=O. The summed E-state index contributed by atoms with van der Waals surface area (Å²) in [4.78, 5) is 11.4. The molecule has 0 saturated heterocycles. The van der Waals surface area contributed by atoms with Crippen molar-refractivity contribution in [3.8, 4) is 0 Å². The molecule has 4 N–H and O–H groups in total. The van der Waals surface area contributed by atoms with Crippen molar-refractivity contribution in [2.75, 3.05) is 11.5 Å². The van der Waals surface area contributed by atoms with Crippen LogP contribution in [0.2, 0.25) is 5.02 Å². The van der Waals surface area contributed by atoms with Crippen LogP contribution in [0.15, 0.2) is 17.0 Å². The maximum Gasteiger partial charge on any atom is 0.227 e. The van der Waals surface area contributed by atoms with Crippen molar-refractivity contribution < 1.29 is 4.79 Å². The fourth-order valence-electron chi connectivity index (χ4n) is 1.02. The minimum Gasteiger partial charge on any atom is -0.398 e. The van der Waals surface area contributed by atoms with Crippen LogP contribution in [-0.4, -0.2) is 11.7 Å². The first-order valence-corrected chi connectivity index (χ1v) is 5.34. The lowest BCUT2D eigenvalue weighted by Gasteiger charge is -2.09. The van der Waals surface area contributed by atoms with Gasteiger partial charge in [-0.3, -0.25) is 4.79 Å². The number of hydrogen-bond acceptors (Lipinski definition) is 3. The summed E-state index contributed by atoms with van der Waals surface area (Å²) in [5.74, 6) is -0.153. The molecule has 0 fully saturated rings. The third-order valence-electron chi connectivity index (χ3n) is 1.73. The number of nitrogens with two attached hydrogens (primary N) is 2. The molecule has 0 radical (unpaired) electrons. The van der Waals surface area contributed by atoms with Gasteiger partial charge in [-0.1, -0.05) is 11.6 Å². The van der Waals surface area contributed by atoms with Crippen molar-refractivity contribution in [2.24, 2.45) is 5.73 Å². The van der Waals surface area contributed by atoms with Crippen LogP contribution in [-0.2, 0) is 4.79 Å². The monoisotopic (exact) mass is 230 g/mol. The number of anilines is 1. The first kappa shape index (κ1) is 11.2. The number of nitrogen functional groups attached to an aromatic ring is 1. The van der Waals surface area contributed by atoms with E-state index in [-0.39, 0.29) is 11.7 Å². The van der Waals surface area contributed by atoms with Gasteiger partial charge in [-0.2, -0.15) is 0 Å². The molecule has 1 aromatic carbocycles. The van der Waals surface area contributed by atoms with Gasteiger partial charge in [-0.25, -0.2) is 0 Å². The molecule has 0 aliphatic rings. The molecule has 14 heavy (non-hydrogen) atoms. The van der Waals surface area contributed by atoms with E-state index in [0.717, 1.165) is 10.5 Å². The molecule has 1 aromatic rings. The third kappa shape index (κ3) is 2.56. The Balaban J connectivity index is 2.95. The molecule has 76 valence electrons. The Kier molecular flexibility index (Phi) is 3.66. The maximum atomic E-state index is 10.6. The minimum absolute atomic E-state index is 0.214. The average molecular weight is 231 g/mol. The molecule has 0 atom stereocenters. The summed E-state index contributed by atoms with van der Waals surface area (Å²) in [5.41, 5.74) is 12.3. The molecule has 0 saturated carbocycles. The maximum absolute atomic E-state index is 10.6. The Morgan fingerprint density at radius 2 is 2.21 bits per heavy atom. The largest absolute Gasteiger partial charge is 0.398 e. The quantitative estimate of drug-likeness (QED) is 0.615. The summed E-state index contributed by atoms with van der Waals surface area (Å²) in [7, 11) is 0. The van der Waals surface area contributed by atoms with E-state index in [1.807, 2.05) is 6.92 Å². The molecule has 5 heteroatoms. The van der Waals surface area contributed by atoms with Crippen molar-refractivity contribution in [1.29, 1.82) is 0 Å². The number of hydrogen-bond donors (Lipinski definition) is 2. The number of carbonyl (C=O) groups is 1. The van der Waals surface area contributed by atoms with E-state index >= 15 is 0 Å². The summed E-state index contributed by atoms with van der Waals surface area (Å²) in [6, 6.07) is 3.46. The first-order valence-electron chi connectivity index (χ1n) is 3.98. The van der Waals surface area contributed by atoms with Gasteiger partial charge in [-0.15, -0.1) is 11.8 Å². The van der Waals surface area contributed by atoms with Crippen molar-refractivity contribution in [1.82, 2.24) is 0 Å². The van der Waals surface area contributed by atoms with Crippen LogP contribution < -0.4 is 11.5 Å². The van der Waals surface area contributed by atoms with Crippen LogP contribution in [0.25, 0.3) is 0 Å². The minimum atomic E-state index is -0.367. The zero-order valence-corrected chi connectivity index (χ0v) is 9.28. The predicted octanol–water partition coefficient (Wildman–Crippen LogP) is 1.81. The predicted molar refractivity (Wildman–Crippen MR) is 60.5 cm³/mol. The van der Waals surface area contributed by atoms with Crippen LogP contribution in [0, 0.1) is 6.92 Å². The molecule has 1 amide bonds. The van der Waals surface area contributed by atoms with E-state index in [2.05, 4.69) is 0 Å². The Morgan fingerprint density at radius 1 is 1.57 bits per heavy atom. The van der Waals surface area contributed by atoms with E-state index in [9.17, 15) is 4.79 Å². The fourth-order valence-corrected chi connectivity index (χ4v) is 2.08. The highest BCUT2D eigenvalue weighted by Gasteiger charge is 2.08. The summed E-state index contributed by atoms with van der Waals surface area (Å²) >= 11 is 7.23. The Labute approximate surface area is 91.8 Å². The molecule has 0 heterocycles. The Hall–Kier alpha value is -0.870. The van der Waals surface area contributed by atoms with Crippen molar-refractivity contribution in [3.05, 3.63) is 22.7 Å². The summed E-state index contributed by atoms with van der Waals surface area (Å²) in [5, 5.41) is 0.645. The van der Waals surface area contributed by atoms with Crippen molar-refractivity contribution in [3.63, 3.8) is 0 Å². The second kappa shape index (κ2) is 4.57. The van der Waals surface area contributed by atoms with Gasteiger partial charge >= 0.3 is 0 Å². The molecule has 1 rings (SSSR count). The second-order valence-corrected chi connectivity index (χ2v) is 4.24. The van der Waals surface area contributed by atoms with E-state index < -0.39 is 0 Å². The Morgan fingerprint density at radius 3 is 2.79 bits per heavy atom. The third-order valence-corrected chi connectivity index (χ3v) is 3.40. The summed E-state index contributed by atoms with van der Waals surface area (Å²) < 4.78 is 0. The van der Waals surface area contributed by atoms with Crippen molar-refractivity contribution in [2.45, 2.75) is 11.8 Å². The van der Waals surface area contributed by atoms with Gasteiger partial charge in [0.05, 0.1) is 5.75 Å². The highest BCUT2D eigenvalue weighted by Crippen LogP contribution is 2.32. The zero-order chi connectivity index (χ0) is 10.7. The average Bonchev–Trinajstić information content (AvgIpc) is 2.11. The lowest BCUT2D eigenvalue weighted by molar-refractivity contribution is -0.115. The molecule has 0 aliphatic carbocycles. The molecule has 0 spiro atoms. The zero-order valence-electron chi connectivity index (χ0n) is 7.71. The molecule has 0 bridgehead atoms. The number of rotatable bonds is 3. The number of amides is 1. The number of primary amides is 1. The summed E-state index contributed by atoms with van der Waals surface area (Å²) in [6.45, 7) is 1.86. The van der Waals surface area contributed by atoms with Gasteiger partial charge in [0.1, 0.15) is 0 Å². The normalized spacial score (nSPS) is 10.1. The standard InChI is InChI=1S/C9H11ClN2OS/c1-5-6(10)2-3-7(11)9(5)14-4-8(12)13/h2-3H,4,11H2,1H3,(H2,12,13). The first-order chi connectivity index (χ1) is 6.52. The molecular weight excluding hydrogens is 220 g/mol. The van der Waals surface area contributed by atoms with E-state index in [1.54, 1.807) is 12.1 Å². The van der Waals surface area contributed by atoms with Gasteiger partial charge < -0.3 is 11.5 Å². The number of halogens is 1. The molecule has 0 unspecified atom stereocenters. The van der Waals surface area contributed by atoms with Gasteiger partial charge in [0.15, 0.2) is 0 Å². The van der Waals surface area contributed by atoms with Crippen LogP contribution in [0.5, 0.6) is 0 Å². The molecule has 0 aliphatic heterocycles. The summed E-state index contributed by atoms with van der Waals surface area (Å²) in [6.07, 6.45) is 0. The van der Waals surface area contributed by atoms with Crippen LogP contribution in [0.4, 0.5) is 5.69 Å². The van der Waals surface area contributed by atoms with Crippen LogP contribution >= 0.6 is 23.4 Å². The number of carbonyl (C=O) groups excluding carboxylic acids is 1. The number of thioether (sulfide) groups is 1. The van der Waals surface area contributed by atoms with E-state index in [1.165, 1.54) is 11.8 Å². The molecular formula is C9H11ClN2OS. The molecule has 0 aromatic heterocycles. The smallest absolute Gasteiger partial charge is 0.227 e. The van der Waals surface area contributed by atoms with E-state index in [4.69, 9.17) is 23.1 Å². The van der Waals surface area contributed by atoms with Gasteiger partial charge in [0.2, 0.25) is 5.91 Å². The highest BCUT2D eigenvalue weighted by molar-refractivity contribution is 8.00. The van der Waals surface area contributed by atoms with Crippen LogP contribution in [0.3, 0.4) is 0 Å².